The molecular formula is C17H10BrClN2O3. The Labute approximate surface area is 149 Å². The van der Waals surface area contributed by atoms with Gasteiger partial charge < -0.3 is 10.1 Å². The summed E-state index contributed by atoms with van der Waals surface area (Å²) in [5, 5.41) is 9.60. The molecule has 0 saturated carbocycles. The quantitative estimate of drug-likeness (QED) is 0.686. The number of halogens is 2. The molecule has 0 fully saturated rings. The highest BCUT2D eigenvalue weighted by Crippen LogP contribution is 2.21. The van der Waals surface area contributed by atoms with E-state index in [-0.39, 0.29) is 27.5 Å². The second-order valence-corrected chi connectivity index (χ2v) is 6.32. The van der Waals surface area contributed by atoms with E-state index in [1.54, 1.807) is 6.08 Å². The zero-order chi connectivity index (χ0) is 17.3. The average molecular weight is 406 g/mol. The van der Waals surface area contributed by atoms with Gasteiger partial charge in [0.2, 0.25) is 0 Å². The third kappa shape index (κ3) is 3.39. The molecule has 1 aromatic heterocycles. The van der Waals surface area contributed by atoms with Gasteiger partial charge >= 0.3 is 5.97 Å². The molecule has 24 heavy (non-hydrogen) atoms. The van der Waals surface area contributed by atoms with Gasteiger partial charge in [-0.25, -0.2) is 9.78 Å². The van der Waals surface area contributed by atoms with Crippen molar-refractivity contribution >= 4 is 55.5 Å². The van der Waals surface area contributed by atoms with Crippen molar-refractivity contribution in [2.24, 2.45) is 0 Å². The van der Waals surface area contributed by atoms with Crippen LogP contribution in [0.5, 0.6) is 0 Å². The maximum atomic E-state index is 12.1. The molecule has 2 N–H and O–H groups in total. The largest absolute Gasteiger partial charge is 0.478 e. The number of hydrogen-bond donors (Lipinski definition) is 2. The highest BCUT2D eigenvalue weighted by atomic mass is 79.9. The number of fused-ring (bicyclic) bond motifs is 1. The molecule has 0 aliphatic heterocycles. The van der Waals surface area contributed by atoms with Crippen LogP contribution in [0.15, 0.2) is 51.7 Å². The maximum Gasteiger partial charge on any atom is 0.335 e. The minimum atomic E-state index is -1.09. The number of aromatic nitrogens is 2. The van der Waals surface area contributed by atoms with E-state index in [1.165, 1.54) is 18.2 Å². The van der Waals surface area contributed by atoms with Crippen molar-refractivity contribution in [3.05, 3.63) is 74.2 Å². The van der Waals surface area contributed by atoms with Gasteiger partial charge in [-0.2, -0.15) is 0 Å². The lowest BCUT2D eigenvalue weighted by Gasteiger charge is -2.03. The lowest BCUT2D eigenvalue weighted by molar-refractivity contribution is 0.0697. The summed E-state index contributed by atoms with van der Waals surface area (Å²) < 4.78 is 0.939. The Balaban J connectivity index is 2.10. The number of benzene rings is 2. The first kappa shape index (κ1) is 16.4. The summed E-state index contributed by atoms with van der Waals surface area (Å²) in [5.41, 5.74) is 0.787. The van der Waals surface area contributed by atoms with Gasteiger partial charge in [0.25, 0.3) is 5.56 Å². The number of aromatic amines is 1. The fourth-order valence-electron chi connectivity index (χ4n) is 2.16. The predicted octanol–water partition coefficient (Wildman–Crippen LogP) is 4.12. The van der Waals surface area contributed by atoms with E-state index in [4.69, 9.17) is 16.7 Å². The van der Waals surface area contributed by atoms with Crippen LogP contribution in [0.4, 0.5) is 0 Å². The molecule has 120 valence electrons. The van der Waals surface area contributed by atoms with Gasteiger partial charge in [0, 0.05) is 4.47 Å². The second kappa shape index (κ2) is 6.59. The summed E-state index contributed by atoms with van der Waals surface area (Å²) in [6.45, 7) is 0. The number of carboxylic acids is 1. The fraction of sp³-hybridized carbons (Fsp3) is 0. The number of carbonyl (C=O) groups is 1. The number of rotatable bonds is 3. The van der Waals surface area contributed by atoms with E-state index in [9.17, 15) is 9.59 Å². The van der Waals surface area contributed by atoms with E-state index in [1.807, 2.05) is 24.3 Å². The minimum Gasteiger partial charge on any atom is -0.478 e. The van der Waals surface area contributed by atoms with Gasteiger partial charge in [-0.3, -0.25) is 4.79 Å². The summed E-state index contributed by atoms with van der Waals surface area (Å²) in [5.74, 6) is -0.906. The monoisotopic (exact) mass is 404 g/mol. The third-order valence-electron chi connectivity index (χ3n) is 3.34. The van der Waals surface area contributed by atoms with Crippen molar-refractivity contribution in [1.29, 1.82) is 0 Å². The Kier molecular flexibility index (Phi) is 4.51. The Bertz CT molecular complexity index is 1030. The summed E-state index contributed by atoms with van der Waals surface area (Å²) >= 11 is 9.61. The van der Waals surface area contributed by atoms with Gasteiger partial charge in [0.05, 0.1) is 21.5 Å². The molecule has 3 aromatic rings. The molecule has 1 heterocycles. The molecule has 0 spiro atoms. The maximum absolute atomic E-state index is 12.1. The Hall–Kier alpha value is -2.44. The highest BCUT2D eigenvalue weighted by Gasteiger charge is 2.10. The molecule has 0 amide bonds. The van der Waals surface area contributed by atoms with Crippen molar-refractivity contribution in [1.82, 2.24) is 9.97 Å². The van der Waals surface area contributed by atoms with E-state index in [0.717, 1.165) is 10.0 Å². The molecule has 0 aliphatic rings. The fourth-order valence-corrected chi connectivity index (χ4v) is 2.64. The zero-order valence-electron chi connectivity index (χ0n) is 12.1. The normalized spacial score (nSPS) is 11.7. The van der Waals surface area contributed by atoms with Crippen LogP contribution < -0.4 is 5.56 Å². The van der Waals surface area contributed by atoms with Crippen molar-refractivity contribution in [2.45, 2.75) is 0 Å². The Morgan fingerprint density at radius 1 is 1.21 bits per heavy atom. The number of nitrogens with zero attached hydrogens (tertiary/aromatic N) is 1. The molecule has 3 rings (SSSR count). The summed E-state index contributed by atoms with van der Waals surface area (Å²) in [6, 6.07) is 11.6. The molecule has 2 aromatic carbocycles. The first-order valence-electron chi connectivity index (χ1n) is 6.84. The number of H-pyrrole nitrogens is 1. The first-order chi connectivity index (χ1) is 11.4. The van der Waals surface area contributed by atoms with Crippen LogP contribution in [0.25, 0.3) is 22.0 Å². The molecule has 0 bridgehead atoms. The molecule has 0 radical (unpaired) electrons. The minimum absolute atomic E-state index is 0.0551. The summed E-state index contributed by atoms with van der Waals surface area (Å²) in [7, 11) is 0. The lowest BCUT2D eigenvalue weighted by atomic mass is 10.1. The van der Waals surface area contributed by atoms with Crippen LogP contribution in [0, 0.1) is 0 Å². The van der Waals surface area contributed by atoms with Crippen LogP contribution in [0.3, 0.4) is 0 Å². The van der Waals surface area contributed by atoms with E-state index in [0.29, 0.717) is 5.39 Å². The van der Waals surface area contributed by atoms with Gasteiger partial charge in [-0.1, -0.05) is 39.7 Å². The van der Waals surface area contributed by atoms with E-state index < -0.39 is 5.97 Å². The number of aromatic carboxylic acids is 1. The highest BCUT2D eigenvalue weighted by molar-refractivity contribution is 9.10. The van der Waals surface area contributed by atoms with Gasteiger partial charge in [-0.05, 0) is 42.0 Å². The molecule has 7 heteroatoms. The zero-order valence-corrected chi connectivity index (χ0v) is 14.4. The predicted molar refractivity (Wildman–Crippen MR) is 97.2 cm³/mol. The van der Waals surface area contributed by atoms with Crippen molar-refractivity contribution in [2.75, 3.05) is 0 Å². The number of carboxylic acid groups (broad SMARTS) is 1. The van der Waals surface area contributed by atoms with E-state index >= 15 is 0 Å². The van der Waals surface area contributed by atoms with Crippen LogP contribution in [0.2, 0.25) is 0 Å². The van der Waals surface area contributed by atoms with Crippen LogP contribution in [-0.4, -0.2) is 21.0 Å². The second-order valence-electron chi connectivity index (χ2n) is 5.00. The van der Waals surface area contributed by atoms with Crippen LogP contribution >= 0.6 is 27.5 Å². The molecule has 0 unspecified atom stereocenters. The first-order valence-corrected chi connectivity index (χ1v) is 8.01. The molecule has 0 saturated heterocycles. The van der Waals surface area contributed by atoms with Crippen molar-refractivity contribution in [3.8, 4) is 0 Å². The molecule has 0 atom stereocenters. The molecular weight excluding hydrogens is 396 g/mol. The standard InChI is InChI=1S/C17H10BrClN2O3/c18-11-4-1-9(2-5-11)7-13(19)15-20-14-8-10(17(23)24)3-6-12(14)16(22)21-15/h1-8H,(H,23,24)(H,20,21,22)/b13-7-. The Morgan fingerprint density at radius 2 is 1.92 bits per heavy atom. The third-order valence-corrected chi connectivity index (χ3v) is 4.16. The topological polar surface area (TPSA) is 83.0 Å². The molecule has 0 aliphatic carbocycles. The van der Waals surface area contributed by atoms with Gasteiger partial charge in [0.1, 0.15) is 0 Å². The SMILES string of the molecule is O=C(O)c1ccc2c(=O)[nH]c(/C(Cl)=C/c3ccc(Br)cc3)nc2c1. The van der Waals surface area contributed by atoms with Crippen molar-refractivity contribution < 1.29 is 9.90 Å². The smallest absolute Gasteiger partial charge is 0.335 e. The van der Waals surface area contributed by atoms with Crippen LogP contribution in [0.1, 0.15) is 21.7 Å². The number of hydrogen-bond acceptors (Lipinski definition) is 3. The summed E-state index contributed by atoms with van der Waals surface area (Å²) in [4.78, 5) is 30.1. The van der Waals surface area contributed by atoms with Gasteiger partial charge in [-0.15, -0.1) is 0 Å². The molecule has 5 nitrogen and oxygen atoms in total. The lowest BCUT2D eigenvalue weighted by Crippen LogP contribution is -2.11. The average Bonchev–Trinajstić information content (AvgIpc) is 2.56. The Morgan fingerprint density at radius 3 is 2.58 bits per heavy atom. The van der Waals surface area contributed by atoms with Gasteiger partial charge in [0.15, 0.2) is 5.82 Å². The summed E-state index contributed by atoms with van der Waals surface area (Å²) in [6.07, 6.45) is 1.67. The number of nitrogens with one attached hydrogen (secondary N) is 1. The van der Waals surface area contributed by atoms with Crippen LogP contribution in [-0.2, 0) is 0 Å². The van der Waals surface area contributed by atoms with E-state index in [2.05, 4.69) is 25.9 Å². The van der Waals surface area contributed by atoms with Crippen molar-refractivity contribution in [3.63, 3.8) is 0 Å².